The first-order valence-electron chi connectivity index (χ1n) is 8.63. The zero-order chi connectivity index (χ0) is 21.3. The number of fused-ring (bicyclic) bond motifs is 1. The van der Waals surface area contributed by atoms with E-state index in [0.717, 1.165) is 25.7 Å². The van der Waals surface area contributed by atoms with Gasteiger partial charge in [0, 0.05) is 27.6 Å². The molecule has 3 aromatic heterocycles. The molecule has 0 atom stereocenters. The Morgan fingerprint density at radius 1 is 1.27 bits per heavy atom. The van der Waals surface area contributed by atoms with Crippen molar-refractivity contribution in [3.63, 3.8) is 0 Å². The fraction of sp³-hybridized carbons (Fsp3) is 0.167. The molecule has 4 aromatic rings. The van der Waals surface area contributed by atoms with E-state index in [1.54, 1.807) is 30.5 Å². The summed E-state index contributed by atoms with van der Waals surface area (Å²) in [7, 11) is -2.54. The second-order valence-corrected chi connectivity index (χ2v) is 9.63. The van der Waals surface area contributed by atoms with Gasteiger partial charge >= 0.3 is 0 Å². The maximum Gasteiger partial charge on any atom is 0.284 e. The van der Waals surface area contributed by atoms with Gasteiger partial charge in [-0.2, -0.15) is 12.8 Å². The van der Waals surface area contributed by atoms with Gasteiger partial charge in [0.15, 0.2) is 5.03 Å². The summed E-state index contributed by atoms with van der Waals surface area (Å²) in [4.78, 5) is 11.3. The molecule has 0 bridgehead atoms. The molecule has 156 valence electrons. The van der Waals surface area contributed by atoms with Crippen molar-refractivity contribution in [2.45, 2.75) is 18.2 Å². The molecule has 0 aliphatic heterocycles. The minimum atomic E-state index is -4.06. The highest BCUT2D eigenvalue weighted by molar-refractivity contribution is 9.10. The third kappa shape index (κ3) is 3.78. The first kappa shape index (κ1) is 20.7. The Kier molecular flexibility index (Phi) is 5.73. The number of nitrogens with one attached hydrogen (secondary N) is 1. The quantitative estimate of drug-likeness (QED) is 0.392. The standard InChI is InChI=1S/C18H16BrN5O4S2/c1-28-13-3-2-11(12(6-13)9-25)8-24(18-21-10-22-29-18)30(26,27)16-5-4-14-15(19)7-20-17(14)23-16/h2-7,10,25H,8-9H2,1H3,(H,20,23). The number of pyridine rings is 1. The van der Waals surface area contributed by atoms with Crippen molar-refractivity contribution in [2.24, 2.45) is 0 Å². The summed E-state index contributed by atoms with van der Waals surface area (Å²) in [5, 5.41) is 10.6. The van der Waals surface area contributed by atoms with Crippen molar-refractivity contribution >= 4 is 53.7 Å². The maximum absolute atomic E-state index is 13.5. The number of methoxy groups -OCH3 is 1. The third-order valence-electron chi connectivity index (χ3n) is 4.48. The highest BCUT2D eigenvalue weighted by Crippen LogP contribution is 2.30. The number of aliphatic hydroxyl groups is 1. The van der Waals surface area contributed by atoms with Crippen LogP contribution in [0.2, 0.25) is 0 Å². The Balaban J connectivity index is 1.79. The van der Waals surface area contributed by atoms with Gasteiger partial charge < -0.3 is 14.8 Å². The van der Waals surface area contributed by atoms with Gasteiger partial charge in [-0.15, -0.1) is 0 Å². The normalized spacial score (nSPS) is 11.7. The van der Waals surface area contributed by atoms with Crippen LogP contribution in [0.5, 0.6) is 5.75 Å². The monoisotopic (exact) mass is 509 g/mol. The maximum atomic E-state index is 13.5. The molecule has 0 saturated carbocycles. The summed E-state index contributed by atoms with van der Waals surface area (Å²) in [6.45, 7) is -0.317. The molecule has 0 unspecified atom stereocenters. The number of anilines is 1. The fourth-order valence-electron chi connectivity index (χ4n) is 2.93. The molecule has 0 radical (unpaired) electrons. The predicted molar refractivity (Wildman–Crippen MR) is 116 cm³/mol. The number of halogens is 1. The molecule has 3 heterocycles. The van der Waals surface area contributed by atoms with Crippen LogP contribution >= 0.6 is 27.5 Å². The number of hydrogen-bond acceptors (Lipinski definition) is 8. The van der Waals surface area contributed by atoms with Gasteiger partial charge in [-0.05, 0) is 51.3 Å². The number of rotatable bonds is 7. The van der Waals surface area contributed by atoms with Crippen LogP contribution in [-0.2, 0) is 23.2 Å². The smallest absolute Gasteiger partial charge is 0.284 e. The lowest BCUT2D eigenvalue weighted by Crippen LogP contribution is -2.31. The van der Waals surface area contributed by atoms with Crippen LogP contribution in [0.4, 0.5) is 5.13 Å². The summed E-state index contributed by atoms with van der Waals surface area (Å²) in [6.07, 6.45) is 2.99. The van der Waals surface area contributed by atoms with Crippen LogP contribution in [0, 0.1) is 0 Å². The number of ether oxygens (including phenoxy) is 1. The average molecular weight is 510 g/mol. The zero-order valence-corrected chi connectivity index (χ0v) is 18.8. The Morgan fingerprint density at radius 3 is 2.80 bits per heavy atom. The van der Waals surface area contributed by atoms with E-state index in [0.29, 0.717) is 22.5 Å². The summed E-state index contributed by atoms with van der Waals surface area (Å²) < 4.78 is 38.0. The fourth-order valence-corrected chi connectivity index (χ4v) is 5.43. The van der Waals surface area contributed by atoms with Crippen LogP contribution in [0.15, 0.2) is 52.4 Å². The Bertz CT molecular complexity index is 1290. The SMILES string of the molecule is COc1ccc(CN(c2ncns2)S(=O)(=O)c2ccc3c(Br)c[nH]c3n2)c(CO)c1. The topological polar surface area (TPSA) is 121 Å². The molecule has 0 aliphatic rings. The molecule has 4 rings (SSSR count). The number of H-pyrrole nitrogens is 1. The van der Waals surface area contributed by atoms with Crippen LogP contribution in [0.3, 0.4) is 0 Å². The van der Waals surface area contributed by atoms with Gasteiger partial charge in [-0.1, -0.05) is 6.07 Å². The summed E-state index contributed by atoms with van der Waals surface area (Å²) >= 11 is 4.35. The minimum absolute atomic E-state index is 0.0500. The van der Waals surface area contributed by atoms with E-state index in [9.17, 15) is 13.5 Å². The third-order valence-corrected chi connectivity index (χ3v) is 7.58. The van der Waals surface area contributed by atoms with Gasteiger partial charge in [0.2, 0.25) is 5.13 Å². The van der Waals surface area contributed by atoms with Gasteiger partial charge in [-0.25, -0.2) is 14.3 Å². The number of aromatic nitrogens is 4. The highest BCUT2D eigenvalue weighted by atomic mass is 79.9. The van der Waals surface area contributed by atoms with Crippen molar-refractivity contribution in [1.29, 1.82) is 0 Å². The van der Waals surface area contributed by atoms with Crippen LogP contribution < -0.4 is 9.04 Å². The number of sulfonamides is 1. The van der Waals surface area contributed by atoms with Crippen molar-refractivity contribution < 1.29 is 18.3 Å². The summed E-state index contributed by atoms with van der Waals surface area (Å²) in [6, 6.07) is 8.22. The molecule has 0 amide bonds. The molecule has 1 aromatic carbocycles. The molecule has 30 heavy (non-hydrogen) atoms. The average Bonchev–Trinajstić information content (AvgIpc) is 3.41. The molecule has 9 nitrogen and oxygen atoms in total. The summed E-state index contributed by atoms with van der Waals surface area (Å²) in [5.41, 5.74) is 1.61. The van der Waals surface area contributed by atoms with Gasteiger partial charge in [0.1, 0.15) is 17.7 Å². The van der Waals surface area contributed by atoms with Crippen LogP contribution in [0.1, 0.15) is 11.1 Å². The van der Waals surface area contributed by atoms with Crippen molar-refractivity contribution in [3.05, 3.63) is 58.5 Å². The van der Waals surface area contributed by atoms with Gasteiger partial charge in [-0.3, -0.25) is 0 Å². The van der Waals surface area contributed by atoms with E-state index in [1.165, 1.54) is 19.5 Å². The second kappa shape index (κ2) is 8.30. The largest absolute Gasteiger partial charge is 0.497 e. The minimum Gasteiger partial charge on any atom is -0.497 e. The van der Waals surface area contributed by atoms with E-state index in [4.69, 9.17) is 4.74 Å². The first-order chi connectivity index (χ1) is 14.4. The van der Waals surface area contributed by atoms with Gasteiger partial charge in [0.25, 0.3) is 10.0 Å². The van der Waals surface area contributed by atoms with E-state index < -0.39 is 10.0 Å². The number of benzene rings is 1. The number of aromatic amines is 1. The molecular formula is C18H16BrN5O4S2. The van der Waals surface area contributed by atoms with E-state index in [2.05, 4.69) is 35.3 Å². The van der Waals surface area contributed by atoms with Crippen molar-refractivity contribution in [3.8, 4) is 5.75 Å². The molecular weight excluding hydrogens is 494 g/mol. The predicted octanol–water partition coefficient (Wildman–Crippen LogP) is 3.07. The van der Waals surface area contributed by atoms with E-state index in [1.807, 2.05) is 0 Å². The number of nitrogens with zero attached hydrogens (tertiary/aromatic N) is 4. The lowest BCUT2D eigenvalue weighted by molar-refractivity contribution is 0.279. The lowest BCUT2D eigenvalue weighted by Gasteiger charge is -2.22. The highest BCUT2D eigenvalue weighted by Gasteiger charge is 2.30. The van der Waals surface area contributed by atoms with Crippen molar-refractivity contribution in [2.75, 3.05) is 11.4 Å². The Morgan fingerprint density at radius 2 is 2.10 bits per heavy atom. The van der Waals surface area contributed by atoms with Crippen molar-refractivity contribution in [1.82, 2.24) is 19.3 Å². The Hall–Kier alpha value is -2.54. The van der Waals surface area contributed by atoms with E-state index in [-0.39, 0.29) is 23.3 Å². The molecule has 2 N–H and O–H groups in total. The summed E-state index contributed by atoms with van der Waals surface area (Å²) in [5.74, 6) is 0.567. The molecule has 0 saturated heterocycles. The van der Waals surface area contributed by atoms with Gasteiger partial charge in [0.05, 0.1) is 20.3 Å². The van der Waals surface area contributed by atoms with Crippen LogP contribution in [-0.4, -0.2) is 40.0 Å². The number of aliphatic hydroxyl groups excluding tert-OH is 1. The first-order valence-corrected chi connectivity index (χ1v) is 11.6. The number of hydrogen-bond donors (Lipinski definition) is 2. The van der Waals surface area contributed by atoms with E-state index >= 15 is 0 Å². The molecule has 12 heteroatoms. The zero-order valence-electron chi connectivity index (χ0n) is 15.6. The molecule has 0 spiro atoms. The second-order valence-electron chi connectivity index (χ2n) is 6.21. The Labute approximate surface area is 184 Å². The molecule has 0 aliphatic carbocycles. The lowest BCUT2D eigenvalue weighted by atomic mass is 10.1. The van der Waals surface area contributed by atoms with Crippen LogP contribution in [0.25, 0.3) is 11.0 Å². The molecule has 0 fully saturated rings.